The van der Waals surface area contributed by atoms with Crippen molar-refractivity contribution in [3.8, 4) is 5.69 Å². The first-order valence-corrected chi connectivity index (χ1v) is 7.01. The number of nitrogens with two attached hydrogens (primary N) is 1. The second kappa shape index (κ2) is 5.13. The fourth-order valence-electron chi connectivity index (χ4n) is 3.16. The van der Waals surface area contributed by atoms with Crippen molar-refractivity contribution < 1.29 is 0 Å². The first kappa shape index (κ1) is 12.4. The van der Waals surface area contributed by atoms with Crippen LogP contribution in [0, 0.1) is 0 Å². The van der Waals surface area contributed by atoms with Gasteiger partial charge in [-0.05, 0) is 30.5 Å². The quantitative estimate of drug-likeness (QED) is 0.917. The maximum Gasteiger partial charge on any atom is 0.0697 e. The number of aromatic nitrogens is 3. The maximum atomic E-state index is 6.10. The van der Waals surface area contributed by atoms with Gasteiger partial charge in [-0.2, -0.15) is 0 Å². The predicted octanol–water partition coefficient (Wildman–Crippen LogP) is 2.43. The summed E-state index contributed by atoms with van der Waals surface area (Å²) < 4.78 is 1.80. The van der Waals surface area contributed by atoms with Crippen LogP contribution in [-0.2, 0) is 5.41 Å². The van der Waals surface area contributed by atoms with E-state index in [4.69, 9.17) is 5.73 Å². The van der Waals surface area contributed by atoms with Crippen LogP contribution in [0.15, 0.2) is 36.7 Å². The highest BCUT2D eigenvalue weighted by molar-refractivity contribution is 5.39. The molecule has 0 spiro atoms. The van der Waals surface area contributed by atoms with Crippen LogP contribution in [-0.4, -0.2) is 21.5 Å². The molecule has 19 heavy (non-hydrogen) atoms. The number of nitrogens with zero attached hydrogens (tertiary/aromatic N) is 3. The van der Waals surface area contributed by atoms with Gasteiger partial charge < -0.3 is 5.73 Å². The fraction of sp³-hybridized carbons (Fsp3) is 0.467. The summed E-state index contributed by atoms with van der Waals surface area (Å²) in [5, 5.41) is 7.92. The van der Waals surface area contributed by atoms with Gasteiger partial charge in [0.25, 0.3) is 0 Å². The molecule has 4 heteroatoms. The molecule has 1 aromatic heterocycles. The summed E-state index contributed by atoms with van der Waals surface area (Å²) in [7, 11) is 0. The van der Waals surface area contributed by atoms with E-state index in [1.807, 2.05) is 6.20 Å². The summed E-state index contributed by atoms with van der Waals surface area (Å²) in [6.07, 6.45) is 9.87. The van der Waals surface area contributed by atoms with Crippen LogP contribution in [0.25, 0.3) is 5.69 Å². The number of benzene rings is 1. The van der Waals surface area contributed by atoms with Crippen molar-refractivity contribution in [2.45, 2.75) is 37.5 Å². The van der Waals surface area contributed by atoms with Gasteiger partial charge in [0.15, 0.2) is 0 Å². The van der Waals surface area contributed by atoms with Crippen LogP contribution in [0.5, 0.6) is 0 Å². The topological polar surface area (TPSA) is 56.7 Å². The molecule has 1 saturated carbocycles. The number of rotatable bonds is 3. The van der Waals surface area contributed by atoms with Crippen LogP contribution in [0.3, 0.4) is 0 Å². The van der Waals surface area contributed by atoms with Gasteiger partial charge in [-0.25, -0.2) is 4.68 Å². The monoisotopic (exact) mass is 256 g/mol. The lowest BCUT2D eigenvalue weighted by Crippen LogP contribution is -2.37. The number of hydrogen-bond donors (Lipinski definition) is 1. The summed E-state index contributed by atoms with van der Waals surface area (Å²) in [5.41, 5.74) is 8.68. The molecule has 1 aliphatic rings. The molecular weight excluding hydrogens is 236 g/mol. The van der Waals surface area contributed by atoms with E-state index in [-0.39, 0.29) is 5.41 Å². The van der Waals surface area contributed by atoms with Crippen LogP contribution < -0.4 is 5.73 Å². The first-order valence-electron chi connectivity index (χ1n) is 7.01. The van der Waals surface area contributed by atoms with E-state index in [1.165, 1.54) is 37.7 Å². The van der Waals surface area contributed by atoms with Gasteiger partial charge in [-0.3, -0.25) is 0 Å². The zero-order valence-corrected chi connectivity index (χ0v) is 11.1. The lowest BCUT2D eigenvalue weighted by atomic mass is 9.69. The van der Waals surface area contributed by atoms with Crippen molar-refractivity contribution in [1.82, 2.24) is 15.0 Å². The zero-order chi connectivity index (χ0) is 13.1. The SMILES string of the molecule is NCC1(c2cccc(-n3ccnn3)c2)CCCCC1. The Labute approximate surface area is 113 Å². The van der Waals surface area contributed by atoms with E-state index in [9.17, 15) is 0 Å². The molecule has 4 nitrogen and oxygen atoms in total. The van der Waals surface area contributed by atoms with Gasteiger partial charge in [0, 0.05) is 12.0 Å². The van der Waals surface area contributed by atoms with E-state index in [1.54, 1.807) is 10.9 Å². The van der Waals surface area contributed by atoms with Gasteiger partial charge >= 0.3 is 0 Å². The Hall–Kier alpha value is -1.68. The largest absolute Gasteiger partial charge is 0.330 e. The Morgan fingerprint density at radius 1 is 1.21 bits per heavy atom. The summed E-state index contributed by atoms with van der Waals surface area (Å²) in [4.78, 5) is 0. The Bertz CT molecular complexity index is 527. The highest BCUT2D eigenvalue weighted by Crippen LogP contribution is 2.39. The minimum Gasteiger partial charge on any atom is -0.330 e. The smallest absolute Gasteiger partial charge is 0.0697 e. The average molecular weight is 256 g/mol. The van der Waals surface area contributed by atoms with E-state index < -0.39 is 0 Å². The third-order valence-electron chi connectivity index (χ3n) is 4.35. The molecule has 0 aliphatic heterocycles. The highest BCUT2D eigenvalue weighted by atomic mass is 15.4. The van der Waals surface area contributed by atoms with Crippen molar-refractivity contribution in [3.63, 3.8) is 0 Å². The second-order valence-electron chi connectivity index (χ2n) is 5.44. The molecule has 1 fully saturated rings. The van der Waals surface area contributed by atoms with Crippen LogP contribution in [0.1, 0.15) is 37.7 Å². The third kappa shape index (κ3) is 2.28. The van der Waals surface area contributed by atoms with E-state index in [0.717, 1.165) is 12.2 Å². The zero-order valence-electron chi connectivity index (χ0n) is 11.1. The Morgan fingerprint density at radius 3 is 2.74 bits per heavy atom. The Balaban J connectivity index is 1.98. The molecule has 0 bridgehead atoms. The van der Waals surface area contributed by atoms with Gasteiger partial charge in [0.1, 0.15) is 0 Å². The summed E-state index contributed by atoms with van der Waals surface area (Å²) in [6, 6.07) is 8.58. The van der Waals surface area contributed by atoms with Crippen molar-refractivity contribution >= 4 is 0 Å². The molecule has 1 aromatic carbocycles. The van der Waals surface area contributed by atoms with Crippen LogP contribution in [0.2, 0.25) is 0 Å². The van der Waals surface area contributed by atoms with E-state index >= 15 is 0 Å². The Kier molecular flexibility index (Phi) is 3.34. The van der Waals surface area contributed by atoms with E-state index in [2.05, 4.69) is 34.6 Å². The molecule has 0 amide bonds. The Morgan fingerprint density at radius 2 is 2.05 bits per heavy atom. The summed E-state index contributed by atoms with van der Waals surface area (Å²) in [6.45, 7) is 0.730. The number of hydrogen-bond acceptors (Lipinski definition) is 3. The minimum atomic E-state index is 0.162. The van der Waals surface area contributed by atoms with Crippen LogP contribution in [0.4, 0.5) is 0 Å². The molecule has 2 aromatic rings. The molecule has 0 radical (unpaired) electrons. The molecule has 3 rings (SSSR count). The normalized spacial score (nSPS) is 18.4. The molecule has 0 saturated heterocycles. The van der Waals surface area contributed by atoms with Gasteiger partial charge in [-0.1, -0.05) is 36.6 Å². The van der Waals surface area contributed by atoms with Crippen LogP contribution >= 0.6 is 0 Å². The summed E-state index contributed by atoms with van der Waals surface area (Å²) in [5.74, 6) is 0. The van der Waals surface area contributed by atoms with Crippen molar-refractivity contribution in [2.24, 2.45) is 5.73 Å². The molecule has 100 valence electrons. The summed E-state index contributed by atoms with van der Waals surface area (Å²) >= 11 is 0. The lowest BCUT2D eigenvalue weighted by molar-refractivity contribution is 0.301. The third-order valence-corrected chi connectivity index (χ3v) is 4.35. The molecular formula is C15H20N4. The minimum absolute atomic E-state index is 0.162. The molecule has 1 aliphatic carbocycles. The molecule has 0 atom stereocenters. The molecule has 2 N–H and O–H groups in total. The van der Waals surface area contributed by atoms with Crippen molar-refractivity contribution in [3.05, 3.63) is 42.2 Å². The standard InChI is InChI=1S/C15H20N4/c16-12-15(7-2-1-3-8-15)13-5-4-6-14(11-13)19-10-9-17-18-19/h4-6,9-11H,1-3,7-8,12,16H2. The van der Waals surface area contributed by atoms with Gasteiger partial charge in [0.05, 0.1) is 18.1 Å². The van der Waals surface area contributed by atoms with Gasteiger partial charge in [-0.15, -0.1) is 5.10 Å². The lowest BCUT2D eigenvalue weighted by Gasteiger charge is -2.37. The average Bonchev–Trinajstić information content (AvgIpc) is 3.02. The molecule has 0 unspecified atom stereocenters. The fourth-order valence-corrected chi connectivity index (χ4v) is 3.16. The first-order chi connectivity index (χ1) is 9.34. The van der Waals surface area contributed by atoms with Gasteiger partial charge in [0.2, 0.25) is 0 Å². The predicted molar refractivity (Wildman–Crippen MR) is 75.2 cm³/mol. The highest BCUT2D eigenvalue weighted by Gasteiger charge is 2.32. The maximum absolute atomic E-state index is 6.10. The van der Waals surface area contributed by atoms with Crippen molar-refractivity contribution in [1.29, 1.82) is 0 Å². The van der Waals surface area contributed by atoms with Crippen molar-refractivity contribution in [2.75, 3.05) is 6.54 Å². The second-order valence-corrected chi connectivity index (χ2v) is 5.44. The van der Waals surface area contributed by atoms with E-state index in [0.29, 0.717) is 0 Å². The molecule has 1 heterocycles.